The van der Waals surface area contributed by atoms with E-state index in [2.05, 4.69) is 35.1 Å². The third-order valence-corrected chi connectivity index (χ3v) is 1.84. The van der Waals surface area contributed by atoms with Crippen molar-refractivity contribution in [2.24, 2.45) is 4.40 Å². The lowest BCUT2D eigenvalue weighted by molar-refractivity contribution is 0.804. The van der Waals surface area contributed by atoms with E-state index in [1.54, 1.807) is 24.7 Å². The average molecular weight is 195 g/mol. The zero-order valence-electron chi connectivity index (χ0n) is 8.06. The Hall–Kier alpha value is -0.900. The fourth-order valence-corrected chi connectivity index (χ4v) is 1.07. The maximum atomic E-state index is 4.18. The molecule has 0 atom stereocenters. The van der Waals surface area contributed by atoms with Crippen molar-refractivity contribution >= 4 is 18.2 Å². The van der Waals surface area contributed by atoms with Gasteiger partial charge >= 0.3 is 0 Å². The summed E-state index contributed by atoms with van der Waals surface area (Å²) >= 11 is 1.52. The van der Waals surface area contributed by atoms with E-state index < -0.39 is 0 Å². The molecule has 1 aromatic rings. The Labute approximate surface area is 82.8 Å². The highest BCUT2D eigenvalue weighted by molar-refractivity contribution is 7.99. The van der Waals surface area contributed by atoms with Gasteiger partial charge in [0.1, 0.15) is 0 Å². The second-order valence-corrected chi connectivity index (χ2v) is 5.16. The van der Waals surface area contributed by atoms with Crippen molar-refractivity contribution in [1.29, 1.82) is 0 Å². The van der Waals surface area contributed by atoms with E-state index in [4.69, 9.17) is 0 Å². The van der Waals surface area contributed by atoms with Crippen molar-refractivity contribution in [3.63, 3.8) is 0 Å². The van der Waals surface area contributed by atoms with Gasteiger partial charge in [-0.3, -0.25) is 0 Å². The molecular weight excluding hydrogens is 182 g/mol. The summed E-state index contributed by atoms with van der Waals surface area (Å²) in [7, 11) is 0. The van der Waals surface area contributed by atoms with E-state index in [0.717, 1.165) is 0 Å². The minimum absolute atomic E-state index is 0.144. The predicted octanol–water partition coefficient (Wildman–Crippen LogP) is 2.34. The third-order valence-electron chi connectivity index (χ3n) is 1.08. The molecule has 0 unspecified atom stereocenters. The number of rotatable bonds is 2. The van der Waals surface area contributed by atoms with Crippen LogP contribution in [0, 0.1) is 0 Å². The molecule has 0 aliphatic carbocycles. The molecule has 0 aromatic carbocycles. The molecule has 0 bridgehead atoms. The lowest BCUT2D eigenvalue weighted by atomic mass is 10.3. The largest absolute Gasteiger partial charge is 0.236 e. The molecule has 0 amide bonds. The van der Waals surface area contributed by atoms with Gasteiger partial charge in [-0.15, -0.1) is 0 Å². The molecule has 0 radical (unpaired) electrons. The molecule has 0 fully saturated rings. The first-order valence-electron chi connectivity index (χ1n) is 4.06. The van der Waals surface area contributed by atoms with Crippen LogP contribution in [0.5, 0.6) is 0 Å². The summed E-state index contributed by atoms with van der Waals surface area (Å²) in [5.74, 6) is 0.652. The van der Waals surface area contributed by atoms with Crippen molar-refractivity contribution in [3.05, 3.63) is 24.3 Å². The van der Waals surface area contributed by atoms with Crippen LogP contribution < -0.4 is 0 Å². The first kappa shape index (κ1) is 10.2. The van der Waals surface area contributed by atoms with Gasteiger partial charge in [0.05, 0.1) is 6.21 Å². The van der Waals surface area contributed by atoms with Crippen LogP contribution in [0.15, 0.2) is 22.9 Å². The molecule has 0 N–H and O–H groups in total. The summed E-state index contributed by atoms with van der Waals surface area (Å²) in [6, 6.07) is 1.79. The SMILES string of the molecule is CC(C)(C)SN=Cc1ncccn1. The summed E-state index contributed by atoms with van der Waals surface area (Å²) in [4.78, 5) is 8.05. The minimum Gasteiger partial charge on any atom is -0.236 e. The average Bonchev–Trinajstić information content (AvgIpc) is 2.04. The lowest BCUT2D eigenvalue weighted by Gasteiger charge is -2.11. The number of hydrogen-bond donors (Lipinski definition) is 0. The van der Waals surface area contributed by atoms with Crippen LogP contribution in [-0.4, -0.2) is 20.9 Å². The van der Waals surface area contributed by atoms with Crippen LogP contribution >= 0.6 is 11.9 Å². The zero-order valence-corrected chi connectivity index (χ0v) is 8.88. The quantitative estimate of drug-likeness (QED) is 0.537. The lowest BCUT2D eigenvalue weighted by Crippen LogP contribution is -2.05. The van der Waals surface area contributed by atoms with Gasteiger partial charge in [-0.1, -0.05) is 0 Å². The highest BCUT2D eigenvalue weighted by atomic mass is 32.2. The van der Waals surface area contributed by atoms with Crippen LogP contribution in [0.3, 0.4) is 0 Å². The summed E-state index contributed by atoms with van der Waals surface area (Å²) < 4.78 is 4.32. The number of nitrogens with zero attached hydrogens (tertiary/aromatic N) is 3. The Morgan fingerprint density at radius 2 is 1.92 bits per heavy atom. The molecule has 1 rings (SSSR count). The van der Waals surface area contributed by atoms with E-state index in [1.807, 2.05) is 0 Å². The molecule has 0 saturated carbocycles. The highest BCUT2D eigenvalue weighted by Crippen LogP contribution is 2.23. The number of aromatic nitrogens is 2. The van der Waals surface area contributed by atoms with Crippen LogP contribution in [0.4, 0.5) is 0 Å². The Kier molecular flexibility index (Phi) is 3.42. The second-order valence-electron chi connectivity index (χ2n) is 3.55. The summed E-state index contributed by atoms with van der Waals surface area (Å²) in [5.41, 5.74) is 0. The Morgan fingerprint density at radius 1 is 1.31 bits per heavy atom. The Bertz CT molecular complexity index is 277. The fraction of sp³-hybridized carbons (Fsp3) is 0.444. The first-order chi connectivity index (χ1) is 6.08. The molecule has 0 spiro atoms. The Morgan fingerprint density at radius 3 is 2.46 bits per heavy atom. The molecule has 4 heteroatoms. The molecule has 1 heterocycles. The monoisotopic (exact) mass is 195 g/mol. The van der Waals surface area contributed by atoms with Gasteiger partial charge in [-0.05, 0) is 38.8 Å². The smallest absolute Gasteiger partial charge is 0.171 e. The molecular formula is C9H13N3S. The molecule has 0 aliphatic rings. The fourth-order valence-electron chi connectivity index (χ4n) is 0.609. The van der Waals surface area contributed by atoms with Gasteiger partial charge in [0.25, 0.3) is 0 Å². The van der Waals surface area contributed by atoms with Gasteiger partial charge in [-0.2, -0.15) is 0 Å². The molecule has 0 aliphatic heterocycles. The van der Waals surface area contributed by atoms with E-state index in [0.29, 0.717) is 5.82 Å². The maximum Gasteiger partial charge on any atom is 0.171 e. The van der Waals surface area contributed by atoms with Crippen LogP contribution in [0.25, 0.3) is 0 Å². The zero-order chi connectivity index (χ0) is 9.73. The van der Waals surface area contributed by atoms with Crippen molar-refractivity contribution in [1.82, 2.24) is 9.97 Å². The van der Waals surface area contributed by atoms with E-state index >= 15 is 0 Å². The molecule has 13 heavy (non-hydrogen) atoms. The maximum absolute atomic E-state index is 4.18. The van der Waals surface area contributed by atoms with Gasteiger partial charge in [0.15, 0.2) is 5.82 Å². The highest BCUT2D eigenvalue weighted by Gasteiger charge is 2.08. The van der Waals surface area contributed by atoms with Crippen LogP contribution in [0.1, 0.15) is 26.6 Å². The van der Waals surface area contributed by atoms with E-state index in [9.17, 15) is 0 Å². The molecule has 0 saturated heterocycles. The van der Waals surface area contributed by atoms with E-state index in [1.165, 1.54) is 11.9 Å². The predicted molar refractivity (Wildman–Crippen MR) is 57.0 cm³/mol. The third kappa shape index (κ3) is 4.62. The van der Waals surface area contributed by atoms with E-state index in [-0.39, 0.29) is 4.75 Å². The second kappa shape index (κ2) is 4.37. The summed E-state index contributed by atoms with van der Waals surface area (Å²) in [6.07, 6.45) is 5.09. The first-order valence-corrected chi connectivity index (χ1v) is 4.84. The van der Waals surface area contributed by atoms with Gasteiger partial charge < -0.3 is 0 Å². The van der Waals surface area contributed by atoms with Crippen molar-refractivity contribution < 1.29 is 0 Å². The minimum atomic E-state index is 0.144. The topological polar surface area (TPSA) is 38.1 Å². The summed E-state index contributed by atoms with van der Waals surface area (Å²) in [6.45, 7) is 6.34. The van der Waals surface area contributed by atoms with Crippen LogP contribution in [-0.2, 0) is 0 Å². The normalized spacial score (nSPS) is 12.2. The van der Waals surface area contributed by atoms with Gasteiger partial charge in [0.2, 0.25) is 0 Å². The number of hydrogen-bond acceptors (Lipinski definition) is 4. The van der Waals surface area contributed by atoms with Gasteiger partial charge in [-0.25, -0.2) is 14.4 Å². The van der Waals surface area contributed by atoms with Crippen molar-refractivity contribution in [2.45, 2.75) is 25.5 Å². The molecule has 1 aromatic heterocycles. The van der Waals surface area contributed by atoms with Crippen molar-refractivity contribution in [2.75, 3.05) is 0 Å². The van der Waals surface area contributed by atoms with Crippen molar-refractivity contribution in [3.8, 4) is 0 Å². The Balaban J connectivity index is 2.51. The molecule has 3 nitrogen and oxygen atoms in total. The standard InChI is InChI=1S/C9H13N3S/c1-9(2,3)13-12-7-8-10-5-4-6-11-8/h4-7H,1-3H3. The summed E-state index contributed by atoms with van der Waals surface area (Å²) in [5, 5.41) is 0. The molecule has 70 valence electrons. The van der Waals surface area contributed by atoms with Gasteiger partial charge in [0, 0.05) is 17.1 Å². The van der Waals surface area contributed by atoms with Crippen LogP contribution in [0.2, 0.25) is 0 Å².